The molecule has 0 radical (unpaired) electrons. The van der Waals surface area contributed by atoms with Crippen molar-refractivity contribution >= 4 is 16.9 Å². The Kier molecular flexibility index (Phi) is 5.26. The van der Waals surface area contributed by atoms with Gasteiger partial charge in [0.05, 0.1) is 0 Å². The third-order valence-electron chi connectivity index (χ3n) is 4.98. The van der Waals surface area contributed by atoms with Crippen molar-refractivity contribution in [3.63, 3.8) is 0 Å². The number of carboxylic acids is 1. The number of hydrogen-bond acceptors (Lipinski definition) is 2. The van der Waals surface area contributed by atoms with Gasteiger partial charge in [0, 0.05) is 23.1 Å². The van der Waals surface area contributed by atoms with Gasteiger partial charge < -0.3 is 14.4 Å². The van der Waals surface area contributed by atoms with Gasteiger partial charge in [-0.15, -0.1) is 0 Å². The minimum atomic E-state index is -1.27. The van der Waals surface area contributed by atoms with Crippen molar-refractivity contribution in [1.82, 2.24) is 4.57 Å². The zero-order valence-corrected chi connectivity index (χ0v) is 16.5. The number of rotatable bonds is 7. The van der Waals surface area contributed by atoms with Gasteiger partial charge in [-0.25, -0.2) is 4.79 Å². The Morgan fingerprint density at radius 1 is 1.15 bits per heavy atom. The average molecular weight is 365 g/mol. The molecular weight excluding hydrogens is 338 g/mol. The highest BCUT2D eigenvalue weighted by Crippen LogP contribution is 2.32. The zero-order valence-electron chi connectivity index (χ0n) is 16.5. The van der Waals surface area contributed by atoms with E-state index in [-0.39, 0.29) is 0 Å². The summed E-state index contributed by atoms with van der Waals surface area (Å²) in [6.07, 6.45) is 1.89. The molecular formula is C23H27NO3. The van der Waals surface area contributed by atoms with Gasteiger partial charge >= 0.3 is 5.97 Å². The molecule has 0 aliphatic rings. The molecule has 0 saturated carbocycles. The Labute approximate surface area is 160 Å². The summed E-state index contributed by atoms with van der Waals surface area (Å²) >= 11 is 0. The van der Waals surface area contributed by atoms with E-state index < -0.39 is 11.6 Å². The quantitative estimate of drug-likeness (QED) is 0.627. The number of aromatic nitrogens is 1. The van der Waals surface area contributed by atoms with Gasteiger partial charge in [-0.2, -0.15) is 0 Å². The third-order valence-corrected chi connectivity index (χ3v) is 4.98. The molecule has 1 aromatic heterocycles. The first kappa shape index (κ1) is 19.0. The van der Waals surface area contributed by atoms with Crippen molar-refractivity contribution in [2.45, 2.75) is 52.7 Å². The van der Waals surface area contributed by atoms with Crippen molar-refractivity contribution in [3.8, 4) is 5.75 Å². The molecule has 1 N–H and O–H groups in total. The standard InChI is InChI=1S/C23H27NO3/c1-5-13-24-16(2)19(14-17-9-7-6-8-10-17)20-15-18(11-12-21(20)24)27-23(3,4)22(25)26/h6-12,15H,5,13-14H2,1-4H3,(H,25,26). The van der Waals surface area contributed by atoms with Crippen LogP contribution in [0.3, 0.4) is 0 Å². The van der Waals surface area contributed by atoms with Crippen LogP contribution in [0.15, 0.2) is 48.5 Å². The number of aliphatic carboxylic acids is 1. The minimum absolute atomic E-state index is 0.581. The highest BCUT2D eigenvalue weighted by Gasteiger charge is 2.29. The predicted molar refractivity (Wildman–Crippen MR) is 109 cm³/mol. The molecule has 0 spiro atoms. The fourth-order valence-corrected chi connectivity index (χ4v) is 3.47. The second-order valence-corrected chi connectivity index (χ2v) is 7.47. The number of benzene rings is 2. The molecule has 0 aliphatic carbocycles. The first-order valence-corrected chi connectivity index (χ1v) is 9.41. The lowest BCUT2D eigenvalue weighted by atomic mass is 10.0. The van der Waals surface area contributed by atoms with Crippen molar-refractivity contribution in [2.75, 3.05) is 0 Å². The Morgan fingerprint density at radius 2 is 1.85 bits per heavy atom. The van der Waals surface area contributed by atoms with Gasteiger partial charge in [-0.3, -0.25) is 0 Å². The van der Waals surface area contributed by atoms with Gasteiger partial charge in [0.2, 0.25) is 0 Å². The van der Waals surface area contributed by atoms with Crippen LogP contribution in [0.1, 0.15) is 44.0 Å². The van der Waals surface area contributed by atoms with Crippen molar-refractivity contribution in [1.29, 1.82) is 0 Å². The number of carboxylic acid groups (broad SMARTS) is 1. The average Bonchev–Trinajstić information content (AvgIpc) is 2.88. The van der Waals surface area contributed by atoms with E-state index in [2.05, 4.69) is 42.7 Å². The van der Waals surface area contributed by atoms with Crippen LogP contribution in [-0.2, 0) is 17.8 Å². The maximum Gasteiger partial charge on any atom is 0.347 e. The van der Waals surface area contributed by atoms with Gasteiger partial charge in [0.15, 0.2) is 5.60 Å². The molecule has 0 bridgehead atoms. The summed E-state index contributed by atoms with van der Waals surface area (Å²) in [7, 11) is 0. The summed E-state index contributed by atoms with van der Waals surface area (Å²) in [6.45, 7) is 8.43. The molecule has 3 aromatic rings. The lowest BCUT2D eigenvalue weighted by molar-refractivity contribution is -0.152. The number of fused-ring (bicyclic) bond motifs is 1. The Hall–Kier alpha value is -2.75. The van der Waals surface area contributed by atoms with Crippen LogP contribution in [0.2, 0.25) is 0 Å². The van der Waals surface area contributed by atoms with Crippen LogP contribution in [0.5, 0.6) is 5.75 Å². The van der Waals surface area contributed by atoms with Crippen molar-refractivity contribution in [3.05, 3.63) is 65.4 Å². The molecule has 4 nitrogen and oxygen atoms in total. The normalized spacial score (nSPS) is 11.7. The molecule has 0 unspecified atom stereocenters. The molecule has 3 rings (SSSR count). The molecule has 0 atom stereocenters. The summed E-state index contributed by atoms with van der Waals surface area (Å²) < 4.78 is 8.12. The second-order valence-electron chi connectivity index (χ2n) is 7.47. The molecule has 142 valence electrons. The Morgan fingerprint density at radius 3 is 2.48 bits per heavy atom. The zero-order chi connectivity index (χ0) is 19.6. The lowest BCUT2D eigenvalue weighted by Crippen LogP contribution is -2.37. The van der Waals surface area contributed by atoms with E-state index in [1.165, 1.54) is 22.3 Å². The molecule has 27 heavy (non-hydrogen) atoms. The first-order chi connectivity index (χ1) is 12.8. The van der Waals surface area contributed by atoms with Gasteiger partial charge in [0.25, 0.3) is 0 Å². The Bertz CT molecular complexity index is 955. The van der Waals surface area contributed by atoms with Crippen molar-refractivity contribution < 1.29 is 14.6 Å². The number of nitrogens with zero attached hydrogens (tertiary/aromatic N) is 1. The number of ether oxygens (including phenoxy) is 1. The lowest BCUT2D eigenvalue weighted by Gasteiger charge is -2.21. The summed E-state index contributed by atoms with van der Waals surface area (Å²) in [6, 6.07) is 16.3. The monoisotopic (exact) mass is 365 g/mol. The fourth-order valence-electron chi connectivity index (χ4n) is 3.47. The highest BCUT2D eigenvalue weighted by atomic mass is 16.5. The molecule has 4 heteroatoms. The van der Waals surface area contributed by atoms with Crippen LogP contribution < -0.4 is 4.74 Å². The second kappa shape index (κ2) is 7.47. The van der Waals surface area contributed by atoms with Crippen LogP contribution in [0.25, 0.3) is 10.9 Å². The molecule has 1 heterocycles. The van der Waals surface area contributed by atoms with Gasteiger partial charge in [-0.1, -0.05) is 37.3 Å². The van der Waals surface area contributed by atoms with E-state index in [4.69, 9.17) is 4.74 Å². The molecule has 2 aromatic carbocycles. The van der Waals surface area contributed by atoms with Crippen LogP contribution >= 0.6 is 0 Å². The maximum absolute atomic E-state index is 11.4. The van der Waals surface area contributed by atoms with E-state index in [0.29, 0.717) is 5.75 Å². The van der Waals surface area contributed by atoms with Crippen LogP contribution in [0, 0.1) is 6.92 Å². The predicted octanol–water partition coefficient (Wildman–Crippen LogP) is 5.19. The van der Waals surface area contributed by atoms with E-state index >= 15 is 0 Å². The first-order valence-electron chi connectivity index (χ1n) is 9.41. The molecule has 0 fully saturated rings. The summed E-state index contributed by atoms with van der Waals surface area (Å²) in [5.74, 6) is -0.398. The fraction of sp³-hybridized carbons (Fsp3) is 0.348. The van der Waals surface area contributed by atoms with E-state index in [1.54, 1.807) is 13.8 Å². The van der Waals surface area contributed by atoms with E-state index in [9.17, 15) is 9.90 Å². The highest BCUT2D eigenvalue weighted by molar-refractivity contribution is 5.87. The maximum atomic E-state index is 11.4. The number of hydrogen-bond donors (Lipinski definition) is 1. The Balaban J connectivity index is 2.10. The smallest absolute Gasteiger partial charge is 0.347 e. The molecule has 0 amide bonds. The van der Waals surface area contributed by atoms with Crippen molar-refractivity contribution in [2.24, 2.45) is 0 Å². The molecule has 0 aliphatic heterocycles. The minimum Gasteiger partial charge on any atom is -0.478 e. The molecule has 0 saturated heterocycles. The largest absolute Gasteiger partial charge is 0.478 e. The number of aryl methyl sites for hydroxylation is 1. The number of carbonyl (C=O) groups is 1. The van der Waals surface area contributed by atoms with Crippen LogP contribution in [0.4, 0.5) is 0 Å². The van der Waals surface area contributed by atoms with E-state index in [0.717, 1.165) is 24.8 Å². The third kappa shape index (κ3) is 3.85. The van der Waals surface area contributed by atoms with Crippen LogP contribution in [-0.4, -0.2) is 21.2 Å². The van der Waals surface area contributed by atoms with Gasteiger partial charge in [-0.05, 0) is 62.9 Å². The van der Waals surface area contributed by atoms with Gasteiger partial charge in [0.1, 0.15) is 5.75 Å². The summed E-state index contributed by atoms with van der Waals surface area (Å²) in [5.41, 5.74) is 3.68. The summed E-state index contributed by atoms with van der Waals surface area (Å²) in [4.78, 5) is 11.4. The summed E-state index contributed by atoms with van der Waals surface area (Å²) in [5, 5.41) is 10.5. The van der Waals surface area contributed by atoms with E-state index in [1.807, 2.05) is 24.3 Å². The SMILES string of the molecule is CCCn1c(C)c(Cc2ccccc2)c2cc(OC(C)(C)C(=O)O)ccc21. The topological polar surface area (TPSA) is 51.5 Å².